The smallest absolute Gasteiger partial charge is 0.265 e. The molecule has 6 nitrogen and oxygen atoms in total. The molecule has 0 unspecified atom stereocenters. The van der Waals surface area contributed by atoms with E-state index < -0.39 is 0 Å². The number of ketones is 1. The molecule has 1 aliphatic rings. The van der Waals surface area contributed by atoms with E-state index in [1.807, 2.05) is 35.8 Å². The standard InChI is InChI=1S/C30H31N3O3/c1-5-16-32-25-17-21(12-15-27(25)36-19-28(32)35)26(34)18-33-24-9-7-6-8-23(24)31-29(33)20-10-13-22(14-11-20)30(2,3)4/h6-15,17H,5,16,18-19H2,1-4H3. The lowest BCUT2D eigenvalue weighted by atomic mass is 9.87. The Labute approximate surface area is 211 Å². The number of carbonyl (C=O) groups excluding carboxylic acids is 2. The van der Waals surface area contributed by atoms with Crippen LogP contribution in [0.2, 0.25) is 0 Å². The quantitative estimate of drug-likeness (QED) is 0.316. The van der Waals surface area contributed by atoms with Crippen molar-refractivity contribution in [1.29, 1.82) is 0 Å². The van der Waals surface area contributed by atoms with Crippen molar-refractivity contribution in [3.8, 4) is 17.1 Å². The van der Waals surface area contributed by atoms with E-state index in [0.29, 0.717) is 23.5 Å². The second kappa shape index (κ2) is 9.26. The number of imidazole rings is 1. The molecule has 0 radical (unpaired) electrons. The molecular formula is C30H31N3O3. The Morgan fingerprint density at radius 3 is 2.50 bits per heavy atom. The van der Waals surface area contributed by atoms with Crippen molar-refractivity contribution in [1.82, 2.24) is 9.55 Å². The Morgan fingerprint density at radius 2 is 1.78 bits per heavy atom. The highest BCUT2D eigenvalue weighted by Crippen LogP contribution is 2.34. The van der Waals surface area contributed by atoms with Gasteiger partial charge in [0.2, 0.25) is 0 Å². The van der Waals surface area contributed by atoms with Gasteiger partial charge in [0.15, 0.2) is 12.4 Å². The summed E-state index contributed by atoms with van der Waals surface area (Å²) in [7, 11) is 0. The average molecular weight is 482 g/mol. The van der Waals surface area contributed by atoms with E-state index in [4.69, 9.17) is 9.72 Å². The first-order valence-electron chi connectivity index (χ1n) is 12.4. The predicted molar refractivity (Wildman–Crippen MR) is 143 cm³/mol. The number of carbonyl (C=O) groups is 2. The first-order chi connectivity index (χ1) is 17.3. The summed E-state index contributed by atoms with van der Waals surface area (Å²) in [6.45, 7) is 9.35. The van der Waals surface area contributed by atoms with Crippen LogP contribution in [0.25, 0.3) is 22.4 Å². The SMILES string of the molecule is CCCN1C(=O)COc2ccc(C(=O)Cn3c(-c4ccc(C(C)(C)C)cc4)nc4ccccc43)cc21. The molecule has 1 amide bonds. The van der Waals surface area contributed by atoms with Crippen LogP contribution in [0, 0.1) is 0 Å². The van der Waals surface area contributed by atoms with Crippen LogP contribution in [0.15, 0.2) is 66.7 Å². The number of anilines is 1. The number of para-hydroxylation sites is 2. The lowest BCUT2D eigenvalue weighted by Gasteiger charge is -2.29. The van der Waals surface area contributed by atoms with E-state index in [1.165, 1.54) is 5.56 Å². The van der Waals surface area contributed by atoms with E-state index >= 15 is 0 Å². The van der Waals surface area contributed by atoms with Crippen LogP contribution in [0.5, 0.6) is 5.75 Å². The van der Waals surface area contributed by atoms with E-state index in [9.17, 15) is 9.59 Å². The number of hydrogen-bond acceptors (Lipinski definition) is 4. The summed E-state index contributed by atoms with van der Waals surface area (Å²) in [6, 6.07) is 21.6. The lowest BCUT2D eigenvalue weighted by molar-refractivity contribution is -0.121. The molecule has 0 saturated carbocycles. The molecule has 4 aromatic rings. The minimum Gasteiger partial charge on any atom is -0.482 e. The van der Waals surface area contributed by atoms with E-state index in [1.54, 1.807) is 23.1 Å². The normalized spacial score (nSPS) is 13.6. The van der Waals surface area contributed by atoms with Gasteiger partial charge in [0.1, 0.15) is 11.6 Å². The lowest BCUT2D eigenvalue weighted by Crippen LogP contribution is -2.39. The molecule has 0 bridgehead atoms. The van der Waals surface area contributed by atoms with Crippen LogP contribution in [-0.2, 0) is 16.8 Å². The summed E-state index contributed by atoms with van der Waals surface area (Å²) in [5.74, 6) is 1.25. The van der Waals surface area contributed by atoms with Crippen molar-refractivity contribution in [2.24, 2.45) is 0 Å². The summed E-state index contributed by atoms with van der Waals surface area (Å²) >= 11 is 0. The van der Waals surface area contributed by atoms with Gasteiger partial charge in [-0.2, -0.15) is 0 Å². The summed E-state index contributed by atoms with van der Waals surface area (Å²) in [5.41, 5.74) is 5.21. The zero-order valence-corrected chi connectivity index (χ0v) is 21.2. The third-order valence-electron chi connectivity index (χ3n) is 6.64. The second-order valence-corrected chi connectivity index (χ2v) is 10.3. The van der Waals surface area contributed by atoms with Crippen LogP contribution in [0.4, 0.5) is 5.69 Å². The predicted octanol–water partition coefficient (Wildman–Crippen LogP) is 6.02. The van der Waals surface area contributed by atoms with Gasteiger partial charge in [0, 0.05) is 17.7 Å². The van der Waals surface area contributed by atoms with Crippen molar-refractivity contribution in [2.75, 3.05) is 18.1 Å². The van der Waals surface area contributed by atoms with Crippen LogP contribution < -0.4 is 9.64 Å². The van der Waals surface area contributed by atoms with Gasteiger partial charge in [-0.05, 0) is 47.7 Å². The Balaban J connectivity index is 1.52. The maximum Gasteiger partial charge on any atom is 0.265 e. The maximum atomic E-state index is 13.6. The number of aromatic nitrogens is 2. The fraction of sp³-hybridized carbons (Fsp3) is 0.300. The molecule has 184 valence electrons. The van der Waals surface area contributed by atoms with Gasteiger partial charge in [0.25, 0.3) is 5.91 Å². The molecule has 0 spiro atoms. The number of amides is 1. The van der Waals surface area contributed by atoms with E-state index in [0.717, 1.165) is 28.8 Å². The molecule has 1 aliphatic heterocycles. The van der Waals surface area contributed by atoms with Gasteiger partial charge in [0.05, 0.1) is 23.3 Å². The van der Waals surface area contributed by atoms with Gasteiger partial charge in [-0.1, -0.05) is 64.1 Å². The number of benzene rings is 3. The van der Waals surface area contributed by atoms with Crippen molar-refractivity contribution in [3.63, 3.8) is 0 Å². The molecule has 2 heterocycles. The molecule has 0 N–H and O–H groups in total. The minimum atomic E-state index is -0.0875. The molecule has 1 aromatic heterocycles. The summed E-state index contributed by atoms with van der Waals surface area (Å²) in [4.78, 5) is 32.6. The minimum absolute atomic E-state index is 0.0265. The molecule has 0 atom stereocenters. The van der Waals surface area contributed by atoms with Crippen molar-refractivity contribution in [2.45, 2.75) is 46.1 Å². The molecule has 6 heteroatoms. The number of rotatable bonds is 6. The van der Waals surface area contributed by atoms with Gasteiger partial charge < -0.3 is 14.2 Å². The highest BCUT2D eigenvalue weighted by molar-refractivity contribution is 6.02. The van der Waals surface area contributed by atoms with Gasteiger partial charge in [-0.25, -0.2) is 4.98 Å². The van der Waals surface area contributed by atoms with E-state index in [2.05, 4.69) is 45.0 Å². The number of Topliss-reactive ketones (excluding diaryl/α,β-unsaturated/α-hetero) is 1. The van der Waals surface area contributed by atoms with Crippen LogP contribution in [0.1, 0.15) is 50.0 Å². The highest BCUT2D eigenvalue weighted by atomic mass is 16.5. The Kier molecular flexibility index (Phi) is 6.12. The monoisotopic (exact) mass is 481 g/mol. The highest BCUT2D eigenvalue weighted by Gasteiger charge is 2.26. The van der Waals surface area contributed by atoms with Gasteiger partial charge >= 0.3 is 0 Å². The molecule has 3 aromatic carbocycles. The molecule has 0 saturated heterocycles. The summed E-state index contributed by atoms with van der Waals surface area (Å²) in [5, 5.41) is 0. The number of nitrogens with zero attached hydrogens (tertiary/aromatic N) is 3. The number of ether oxygens (including phenoxy) is 1. The molecular weight excluding hydrogens is 450 g/mol. The first kappa shape index (κ1) is 23.8. The maximum absolute atomic E-state index is 13.6. The molecule has 5 rings (SSSR count). The third-order valence-corrected chi connectivity index (χ3v) is 6.64. The Hall–Kier alpha value is -3.93. The fourth-order valence-corrected chi connectivity index (χ4v) is 4.65. The molecule has 0 aliphatic carbocycles. The Morgan fingerprint density at radius 1 is 1.03 bits per heavy atom. The number of fused-ring (bicyclic) bond motifs is 2. The largest absolute Gasteiger partial charge is 0.482 e. The van der Waals surface area contributed by atoms with Crippen LogP contribution >= 0.6 is 0 Å². The van der Waals surface area contributed by atoms with E-state index in [-0.39, 0.29) is 30.3 Å². The molecule has 0 fully saturated rings. The molecule has 36 heavy (non-hydrogen) atoms. The first-order valence-corrected chi connectivity index (χ1v) is 12.4. The summed E-state index contributed by atoms with van der Waals surface area (Å²) < 4.78 is 7.58. The van der Waals surface area contributed by atoms with Crippen LogP contribution in [0.3, 0.4) is 0 Å². The van der Waals surface area contributed by atoms with Crippen molar-refractivity contribution < 1.29 is 14.3 Å². The van der Waals surface area contributed by atoms with Crippen LogP contribution in [-0.4, -0.2) is 34.4 Å². The van der Waals surface area contributed by atoms with Crippen molar-refractivity contribution in [3.05, 3.63) is 77.9 Å². The zero-order chi connectivity index (χ0) is 25.4. The Bertz CT molecular complexity index is 1440. The summed E-state index contributed by atoms with van der Waals surface area (Å²) in [6.07, 6.45) is 0.821. The fourth-order valence-electron chi connectivity index (χ4n) is 4.65. The third kappa shape index (κ3) is 4.39. The number of hydrogen-bond donors (Lipinski definition) is 0. The topological polar surface area (TPSA) is 64.4 Å². The zero-order valence-electron chi connectivity index (χ0n) is 21.2. The van der Waals surface area contributed by atoms with Gasteiger partial charge in [-0.3, -0.25) is 9.59 Å². The average Bonchev–Trinajstić information content (AvgIpc) is 3.23. The second-order valence-electron chi connectivity index (χ2n) is 10.3. The van der Waals surface area contributed by atoms with Gasteiger partial charge in [-0.15, -0.1) is 0 Å². The van der Waals surface area contributed by atoms with Crippen molar-refractivity contribution >= 4 is 28.4 Å².